The number of carbonyl (C=O) groups excluding carboxylic acids is 2. The monoisotopic (exact) mass is 308 g/mol. The van der Waals surface area contributed by atoms with Gasteiger partial charge in [0.2, 0.25) is 0 Å². The Labute approximate surface area is 130 Å². The molecule has 0 unspecified atom stereocenters. The minimum absolute atomic E-state index is 0.127. The van der Waals surface area contributed by atoms with Gasteiger partial charge in [-0.25, -0.2) is 4.79 Å². The van der Waals surface area contributed by atoms with Crippen LogP contribution in [0.15, 0.2) is 24.3 Å². The van der Waals surface area contributed by atoms with Gasteiger partial charge in [-0.2, -0.15) is 0 Å². The van der Waals surface area contributed by atoms with Crippen LogP contribution in [0.1, 0.15) is 26.3 Å². The molecule has 0 heterocycles. The van der Waals surface area contributed by atoms with Crippen LogP contribution in [0.25, 0.3) is 0 Å². The number of aliphatic carboxylic acids is 1. The summed E-state index contributed by atoms with van der Waals surface area (Å²) in [5.74, 6) is -0.654. The highest BCUT2D eigenvalue weighted by atomic mass is 16.6. The van der Waals surface area contributed by atoms with Crippen LogP contribution in [0.4, 0.5) is 4.79 Å². The van der Waals surface area contributed by atoms with E-state index in [1.807, 2.05) is 0 Å². The summed E-state index contributed by atoms with van der Waals surface area (Å²) in [6.45, 7) is 5.16. The second-order valence-corrected chi connectivity index (χ2v) is 5.98. The molecule has 0 fully saturated rings. The predicted octanol–water partition coefficient (Wildman–Crippen LogP) is 1.22. The first-order chi connectivity index (χ1) is 10.1. The molecule has 1 aromatic rings. The lowest BCUT2D eigenvalue weighted by Crippen LogP contribution is -2.51. The van der Waals surface area contributed by atoms with Crippen molar-refractivity contribution in [3.63, 3.8) is 0 Å². The Hall–Kier alpha value is -2.24. The molecule has 0 aliphatic heterocycles. The van der Waals surface area contributed by atoms with Crippen molar-refractivity contribution >= 4 is 12.1 Å². The van der Waals surface area contributed by atoms with E-state index in [0.29, 0.717) is 5.75 Å². The third-order valence-corrected chi connectivity index (χ3v) is 3.01. The minimum atomic E-state index is -1.33. The first-order valence-electron chi connectivity index (χ1n) is 6.93. The summed E-state index contributed by atoms with van der Waals surface area (Å²) < 4.78 is 10.2. The van der Waals surface area contributed by atoms with Gasteiger partial charge in [0, 0.05) is 7.05 Å². The zero-order valence-electron chi connectivity index (χ0n) is 13.6. The van der Waals surface area contributed by atoms with Gasteiger partial charge in [-0.1, -0.05) is 12.1 Å². The van der Waals surface area contributed by atoms with E-state index in [0.717, 1.165) is 10.5 Å². The highest BCUT2D eigenvalue weighted by Crippen LogP contribution is 2.16. The fraction of sp³-hybridized carbons (Fsp3) is 0.500. The Morgan fingerprint density at radius 2 is 1.77 bits per heavy atom. The molecule has 1 atom stereocenters. The van der Waals surface area contributed by atoms with Crippen molar-refractivity contribution in [2.24, 2.45) is 0 Å². The van der Waals surface area contributed by atoms with Gasteiger partial charge in [0.15, 0.2) is 0 Å². The van der Waals surface area contributed by atoms with Crippen molar-refractivity contribution in [3.8, 4) is 5.75 Å². The van der Waals surface area contributed by atoms with Crippen LogP contribution in [-0.4, -0.2) is 42.8 Å². The van der Waals surface area contributed by atoms with E-state index in [9.17, 15) is 14.7 Å². The third kappa shape index (κ3) is 5.27. The number of carboxylic acids is 1. The number of hydrogen-bond donors (Lipinski definition) is 0. The maximum Gasteiger partial charge on any atom is 0.410 e. The molecule has 0 aromatic heterocycles. The molecule has 122 valence electrons. The second kappa shape index (κ2) is 7.15. The van der Waals surface area contributed by atoms with E-state index in [-0.39, 0.29) is 6.42 Å². The van der Waals surface area contributed by atoms with Crippen molar-refractivity contribution in [2.45, 2.75) is 38.8 Å². The molecule has 6 nitrogen and oxygen atoms in total. The Morgan fingerprint density at radius 1 is 1.23 bits per heavy atom. The number of rotatable bonds is 5. The number of nitrogens with zero attached hydrogens (tertiary/aromatic N) is 1. The lowest BCUT2D eigenvalue weighted by Gasteiger charge is -2.31. The van der Waals surface area contributed by atoms with Gasteiger partial charge in [0.1, 0.15) is 11.4 Å². The molecule has 22 heavy (non-hydrogen) atoms. The SMILES string of the molecule is COc1ccc(C[C@@H](C(=O)[O-])N(C)C(=O)OC(C)(C)C)cc1. The summed E-state index contributed by atoms with van der Waals surface area (Å²) in [4.78, 5) is 24.4. The van der Waals surface area contributed by atoms with E-state index < -0.39 is 23.7 Å². The second-order valence-electron chi connectivity index (χ2n) is 5.98. The van der Waals surface area contributed by atoms with Gasteiger partial charge in [0.25, 0.3) is 0 Å². The van der Waals surface area contributed by atoms with Crippen molar-refractivity contribution < 1.29 is 24.2 Å². The van der Waals surface area contributed by atoms with Gasteiger partial charge in [-0.3, -0.25) is 0 Å². The van der Waals surface area contributed by atoms with Gasteiger partial charge >= 0.3 is 6.09 Å². The fourth-order valence-corrected chi connectivity index (χ4v) is 1.82. The molecule has 1 aromatic carbocycles. The molecule has 1 rings (SSSR count). The lowest BCUT2D eigenvalue weighted by atomic mass is 10.1. The number of carbonyl (C=O) groups is 2. The fourth-order valence-electron chi connectivity index (χ4n) is 1.82. The highest BCUT2D eigenvalue weighted by Gasteiger charge is 2.26. The van der Waals surface area contributed by atoms with Crippen LogP contribution in [0.3, 0.4) is 0 Å². The van der Waals surface area contributed by atoms with Crippen LogP contribution < -0.4 is 9.84 Å². The number of methoxy groups -OCH3 is 1. The quantitative estimate of drug-likeness (QED) is 0.817. The predicted molar refractivity (Wildman–Crippen MR) is 79.5 cm³/mol. The summed E-state index contributed by atoms with van der Waals surface area (Å²) in [6, 6.07) is 5.85. The molecule has 0 saturated heterocycles. The summed E-state index contributed by atoms with van der Waals surface area (Å²) >= 11 is 0. The van der Waals surface area contributed by atoms with Gasteiger partial charge in [-0.05, 0) is 44.9 Å². The first-order valence-corrected chi connectivity index (χ1v) is 6.93. The Kier molecular flexibility index (Phi) is 5.79. The van der Waals surface area contributed by atoms with E-state index in [1.54, 1.807) is 52.1 Å². The number of hydrogen-bond acceptors (Lipinski definition) is 5. The van der Waals surface area contributed by atoms with Crippen LogP contribution in [0.2, 0.25) is 0 Å². The third-order valence-electron chi connectivity index (χ3n) is 3.01. The van der Waals surface area contributed by atoms with Crippen molar-refractivity contribution in [1.82, 2.24) is 4.90 Å². The summed E-state index contributed by atoms with van der Waals surface area (Å²) in [5, 5.41) is 11.4. The Morgan fingerprint density at radius 3 is 2.18 bits per heavy atom. The molecule has 0 aliphatic rings. The van der Waals surface area contributed by atoms with Crippen molar-refractivity contribution in [2.75, 3.05) is 14.2 Å². The number of amides is 1. The number of benzene rings is 1. The van der Waals surface area contributed by atoms with Crippen LogP contribution in [0, 0.1) is 0 Å². The van der Waals surface area contributed by atoms with Crippen LogP contribution >= 0.6 is 0 Å². The molecular weight excluding hydrogens is 286 g/mol. The zero-order valence-corrected chi connectivity index (χ0v) is 13.6. The molecule has 0 spiro atoms. The smallest absolute Gasteiger partial charge is 0.410 e. The van der Waals surface area contributed by atoms with Gasteiger partial charge < -0.3 is 24.3 Å². The van der Waals surface area contributed by atoms with Crippen molar-refractivity contribution in [1.29, 1.82) is 0 Å². The topological polar surface area (TPSA) is 78.9 Å². The summed E-state index contributed by atoms with van der Waals surface area (Å²) in [5.41, 5.74) is 0.0625. The van der Waals surface area contributed by atoms with E-state index in [1.165, 1.54) is 7.05 Å². The van der Waals surface area contributed by atoms with Gasteiger partial charge in [-0.15, -0.1) is 0 Å². The number of ether oxygens (including phenoxy) is 2. The zero-order chi connectivity index (χ0) is 16.9. The minimum Gasteiger partial charge on any atom is -0.548 e. The molecule has 1 amide bonds. The average Bonchev–Trinajstić information content (AvgIpc) is 2.42. The molecule has 0 saturated carbocycles. The molecule has 0 N–H and O–H groups in total. The molecule has 0 bridgehead atoms. The average molecular weight is 308 g/mol. The normalized spacial score (nSPS) is 12.4. The Bertz CT molecular complexity index is 518. The molecule has 0 radical (unpaired) electrons. The number of carboxylic acid groups (broad SMARTS) is 1. The van der Waals surface area contributed by atoms with Crippen LogP contribution in [-0.2, 0) is 16.0 Å². The van der Waals surface area contributed by atoms with Crippen molar-refractivity contribution in [3.05, 3.63) is 29.8 Å². The molecule has 6 heteroatoms. The lowest BCUT2D eigenvalue weighted by molar-refractivity contribution is -0.310. The maximum atomic E-state index is 12.0. The first kappa shape index (κ1) is 17.8. The van der Waals surface area contributed by atoms with E-state index >= 15 is 0 Å². The summed E-state index contributed by atoms with van der Waals surface area (Å²) in [6.07, 6.45) is -0.572. The van der Waals surface area contributed by atoms with E-state index in [2.05, 4.69) is 0 Å². The Balaban J connectivity index is 2.84. The summed E-state index contributed by atoms with van der Waals surface area (Å²) in [7, 11) is 2.94. The van der Waals surface area contributed by atoms with Gasteiger partial charge in [0.05, 0.1) is 19.1 Å². The maximum absolute atomic E-state index is 12.0. The standard InChI is InChI=1S/C16H23NO5/c1-16(2,3)22-15(20)17(4)13(14(18)19)10-11-6-8-12(21-5)9-7-11/h6-9,13H,10H2,1-5H3,(H,18,19)/p-1/t13-/m0/s1. The molecular formula is C16H22NO5-. The molecule has 0 aliphatic carbocycles. The largest absolute Gasteiger partial charge is 0.548 e. The van der Waals surface area contributed by atoms with Crippen LogP contribution in [0.5, 0.6) is 5.75 Å². The highest BCUT2D eigenvalue weighted by molar-refractivity contribution is 5.79. The number of likely N-dealkylation sites (N-methyl/N-ethyl adjacent to an activating group) is 1. The van der Waals surface area contributed by atoms with E-state index in [4.69, 9.17) is 9.47 Å².